The Kier molecular flexibility index (Phi) is 8.37. The van der Waals surface area contributed by atoms with Crippen LogP contribution < -0.4 is 10.6 Å². The van der Waals surface area contributed by atoms with Crippen LogP contribution in [0.25, 0.3) is 0 Å². The van der Waals surface area contributed by atoms with Gasteiger partial charge in [-0.25, -0.2) is 4.39 Å². The summed E-state index contributed by atoms with van der Waals surface area (Å²) in [5.41, 5.74) is 0.213. The van der Waals surface area contributed by atoms with Crippen LogP contribution in [-0.4, -0.2) is 31.3 Å². The van der Waals surface area contributed by atoms with Crippen LogP contribution in [-0.2, 0) is 4.79 Å². The predicted molar refractivity (Wildman–Crippen MR) is 96.8 cm³/mol. The van der Waals surface area contributed by atoms with E-state index in [1.54, 1.807) is 23.9 Å². The minimum absolute atomic E-state index is 0. The van der Waals surface area contributed by atoms with Crippen LogP contribution in [0.3, 0.4) is 0 Å². The Bertz CT molecular complexity index is 492. The van der Waals surface area contributed by atoms with Crippen LogP contribution in [0.2, 0.25) is 0 Å². The third-order valence-electron chi connectivity index (χ3n) is 4.26. The largest absolute Gasteiger partial charge is 0.355 e. The highest BCUT2D eigenvalue weighted by Crippen LogP contribution is 2.27. The number of amides is 1. The Labute approximate surface area is 148 Å². The molecule has 0 saturated carbocycles. The van der Waals surface area contributed by atoms with E-state index in [4.69, 9.17) is 0 Å². The standard InChI is InChI=1S/C17H25FN2OS.ClH/c1-13(11-22-15-5-3-14(18)4-6-15)16(21)20-12-17(2)7-9-19-10-8-17;/h3-6,13,19H,7-12H2,1-2H3,(H,20,21);1H. The van der Waals surface area contributed by atoms with Crippen molar-refractivity contribution < 1.29 is 9.18 Å². The number of benzene rings is 1. The second-order valence-corrected chi connectivity index (χ2v) is 7.54. The summed E-state index contributed by atoms with van der Waals surface area (Å²) in [6.07, 6.45) is 2.21. The molecule has 1 aliphatic rings. The molecule has 0 spiro atoms. The summed E-state index contributed by atoms with van der Waals surface area (Å²) in [5, 5.41) is 6.45. The Morgan fingerprint density at radius 3 is 2.57 bits per heavy atom. The SMILES string of the molecule is CC(CSc1ccc(F)cc1)C(=O)NCC1(C)CCNCC1.Cl. The number of rotatable bonds is 6. The fourth-order valence-corrected chi connectivity index (χ4v) is 3.43. The average molecular weight is 361 g/mol. The Balaban J connectivity index is 0.00000264. The lowest BCUT2D eigenvalue weighted by atomic mass is 9.81. The molecule has 1 atom stereocenters. The molecule has 0 aliphatic carbocycles. The molecule has 6 heteroatoms. The number of hydrogen-bond acceptors (Lipinski definition) is 3. The van der Waals surface area contributed by atoms with Gasteiger partial charge in [0.1, 0.15) is 5.82 Å². The van der Waals surface area contributed by atoms with Gasteiger partial charge < -0.3 is 10.6 Å². The first kappa shape index (κ1) is 20.3. The second-order valence-electron chi connectivity index (χ2n) is 6.44. The molecule has 1 aromatic carbocycles. The van der Waals surface area contributed by atoms with Gasteiger partial charge in [-0.1, -0.05) is 13.8 Å². The number of carbonyl (C=O) groups is 1. The zero-order valence-corrected chi connectivity index (χ0v) is 15.4. The van der Waals surface area contributed by atoms with Crippen molar-refractivity contribution in [2.45, 2.75) is 31.6 Å². The fraction of sp³-hybridized carbons (Fsp3) is 0.588. The molecule has 0 radical (unpaired) electrons. The maximum atomic E-state index is 12.8. The number of nitrogens with one attached hydrogen (secondary N) is 2. The molecule has 1 aromatic rings. The Morgan fingerprint density at radius 1 is 1.35 bits per heavy atom. The molecule has 1 aliphatic heterocycles. The number of halogens is 2. The molecule has 1 fully saturated rings. The lowest BCUT2D eigenvalue weighted by Crippen LogP contribution is -2.44. The maximum Gasteiger partial charge on any atom is 0.223 e. The number of carbonyl (C=O) groups excluding carboxylic acids is 1. The molecular formula is C17H26ClFN2OS. The minimum atomic E-state index is -0.231. The van der Waals surface area contributed by atoms with E-state index in [0.29, 0.717) is 5.75 Å². The lowest BCUT2D eigenvalue weighted by Gasteiger charge is -2.34. The minimum Gasteiger partial charge on any atom is -0.355 e. The van der Waals surface area contributed by atoms with Gasteiger partial charge in [-0.05, 0) is 55.6 Å². The summed E-state index contributed by atoms with van der Waals surface area (Å²) in [7, 11) is 0. The molecule has 0 bridgehead atoms. The topological polar surface area (TPSA) is 41.1 Å². The van der Waals surface area contributed by atoms with E-state index in [9.17, 15) is 9.18 Å². The Morgan fingerprint density at radius 2 is 1.96 bits per heavy atom. The van der Waals surface area contributed by atoms with Crippen LogP contribution in [0, 0.1) is 17.2 Å². The van der Waals surface area contributed by atoms with Gasteiger partial charge in [0.25, 0.3) is 0 Å². The van der Waals surface area contributed by atoms with Gasteiger partial charge in [0.05, 0.1) is 0 Å². The summed E-state index contributed by atoms with van der Waals surface area (Å²) in [6.45, 7) is 6.99. The summed E-state index contributed by atoms with van der Waals surface area (Å²) < 4.78 is 12.8. The summed E-state index contributed by atoms with van der Waals surface area (Å²) in [5.74, 6) is 0.524. The molecule has 0 aromatic heterocycles. The van der Waals surface area contributed by atoms with E-state index in [1.807, 2.05) is 6.92 Å². The van der Waals surface area contributed by atoms with E-state index in [-0.39, 0.29) is 35.5 Å². The van der Waals surface area contributed by atoms with Crippen molar-refractivity contribution in [1.82, 2.24) is 10.6 Å². The van der Waals surface area contributed by atoms with Gasteiger partial charge in [-0.15, -0.1) is 24.2 Å². The summed E-state index contributed by atoms with van der Waals surface area (Å²) in [4.78, 5) is 13.2. The normalized spacial score (nSPS) is 17.9. The molecule has 1 amide bonds. The van der Waals surface area contributed by atoms with Crippen molar-refractivity contribution in [2.24, 2.45) is 11.3 Å². The van der Waals surface area contributed by atoms with Crippen LogP contribution in [0.5, 0.6) is 0 Å². The zero-order chi connectivity index (χ0) is 16.0. The van der Waals surface area contributed by atoms with Crippen molar-refractivity contribution in [3.63, 3.8) is 0 Å². The van der Waals surface area contributed by atoms with E-state index in [0.717, 1.165) is 37.4 Å². The molecule has 3 nitrogen and oxygen atoms in total. The van der Waals surface area contributed by atoms with E-state index in [1.165, 1.54) is 12.1 Å². The van der Waals surface area contributed by atoms with Gasteiger partial charge in [0.2, 0.25) is 5.91 Å². The molecule has 23 heavy (non-hydrogen) atoms. The van der Waals surface area contributed by atoms with Gasteiger partial charge in [0.15, 0.2) is 0 Å². The third-order valence-corrected chi connectivity index (χ3v) is 5.53. The predicted octanol–water partition coefficient (Wildman–Crippen LogP) is 3.48. The highest BCUT2D eigenvalue weighted by molar-refractivity contribution is 7.99. The van der Waals surface area contributed by atoms with Crippen molar-refractivity contribution in [3.8, 4) is 0 Å². The van der Waals surface area contributed by atoms with Crippen molar-refractivity contribution in [2.75, 3.05) is 25.4 Å². The van der Waals surface area contributed by atoms with E-state index < -0.39 is 0 Å². The Hall–Kier alpha value is -0.780. The van der Waals surface area contributed by atoms with Gasteiger partial charge in [0, 0.05) is 23.1 Å². The van der Waals surface area contributed by atoms with Gasteiger partial charge >= 0.3 is 0 Å². The molecule has 1 heterocycles. The average Bonchev–Trinajstić information content (AvgIpc) is 2.52. The molecule has 2 rings (SSSR count). The highest BCUT2D eigenvalue weighted by atomic mass is 35.5. The molecule has 1 unspecified atom stereocenters. The highest BCUT2D eigenvalue weighted by Gasteiger charge is 2.27. The second kappa shape index (κ2) is 9.50. The summed E-state index contributed by atoms with van der Waals surface area (Å²) in [6, 6.07) is 6.40. The van der Waals surface area contributed by atoms with E-state index >= 15 is 0 Å². The van der Waals surface area contributed by atoms with Crippen LogP contribution in [0.15, 0.2) is 29.2 Å². The molecule has 1 saturated heterocycles. The van der Waals surface area contributed by atoms with Crippen LogP contribution in [0.4, 0.5) is 4.39 Å². The molecular weight excluding hydrogens is 335 g/mol. The maximum absolute atomic E-state index is 12.8. The number of thioether (sulfide) groups is 1. The lowest BCUT2D eigenvalue weighted by molar-refractivity contribution is -0.124. The van der Waals surface area contributed by atoms with Crippen LogP contribution >= 0.6 is 24.2 Å². The third kappa shape index (κ3) is 6.69. The van der Waals surface area contributed by atoms with Gasteiger partial charge in [-0.3, -0.25) is 4.79 Å². The number of piperidine rings is 1. The van der Waals surface area contributed by atoms with Crippen molar-refractivity contribution in [3.05, 3.63) is 30.1 Å². The van der Waals surface area contributed by atoms with Gasteiger partial charge in [-0.2, -0.15) is 0 Å². The van der Waals surface area contributed by atoms with Crippen molar-refractivity contribution >= 4 is 30.1 Å². The van der Waals surface area contributed by atoms with Crippen LogP contribution in [0.1, 0.15) is 26.7 Å². The zero-order valence-electron chi connectivity index (χ0n) is 13.7. The molecule has 2 N–H and O–H groups in total. The quantitative estimate of drug-likeness (QED) is 0.763. The monoisotopic (exact) mass is 360 g/mol. The van der Waals surface area contributed by atoms with E-state index in [2.05, 4.69) is 17.6 Å². The molecule has 130 valence electrons. The first-order valence-corrected chi connectivity index (χ1v) is 8.84. The fourth-order valence-electron chi connectivity index (χ4n) is 2.51. The first-order valence-electron chi connectivity index (χ1n) is 7.85. The van der Waals surface area contributed by atoms with Crippen molar-refractivity contribution in [1.29, 1.82) is 0 Å². The first-order chi connectivity index (χ1) is 10.5. The smallest absolute Gasteiger partial charge is 0.223 e. The number of hydrogen-bond donors (Lipinski definition) is 2. The summed E-state index contributed by atoms with van der Waals surface area (Å²) >= 11 is 1.59.